The second-order valence-electron chi connectivity index (χ2n) is 6.89. The molecule has 11 heteroatoms. The number of aryl methyl sites for hydroxylation is 1. The second kappa shape index (κ2) is 14.6. The Morgan fingerprint density at radius 3 is 2.41 bits per heavy atom. The number of anilines is 2. The van der Waals surface area contributed by atoms with E-state index in [1.54, 1.807) is 7.11 Å². The van der Waals surface area contributed by atoms with Crippen LogP contribution in [0.4, 0.5) is 11.4 Å². The minimum Gasteiger partial charge on any atom is -0.497 e. The van der Waals surface area contributed by atoms with E-state index in [9.17, 15) is 9.13 Å². The van der Waals surface area contributed by atoms with Gasteiger partial charge in [0.05, 0.1) is 18.5 Å². The first-order chi connectivity index (χ1) is 13.8. The summed E-state index contributed by atoms with van der Waals surface area (Å²) in [6.07, 6.45) is 6.03. The van der Waals surface area contributed by atoms with E-state index in [2.05, 4.69) is 46.2 Å². The summed E-state index contributed by atoms with van der Waals surface area (Å²) in [5.41, 5.74) is 3.83. The summed E-state index contributed by atoms with van der Waals surface area (Å²) in [5.74, 6) is 0.950. The predicted octanol–water partition coefficient (Wildman–Crippen LogP) is 3.94. The van der Waals surface area contributed by atoms with Crippen LogP contribution >= 0.6 is 16.5 Å². The van der Waals surface area contributed by atoms with E-state index in [0.29, 0.717) is 6.04 Å². The highest BCUT2D eigenvalue weighted by Gasteiger charge is 2.31. The molecule has 1 aromatic rings. The first-order valence-corrected chi connectivity index (χ1v) is 12.0. The third-order valence-corrected chi connectivity index (χ3v) is 5.33. The summed E-state index contributed by atoms with van der Waals surface area (Å²) in [4.78, 5) is 15.3. The lowest BCUT2D eigenvalue weighted by molar-refractivity contribution is 0.371. The lowest BCUT2D eigenvalue weighted by Crippen LogP contribution is -2.23. The number of rotatable bonds is 11. The van der Waals surface area contributed by atoms with Gasteiger partial charge in [0.2, 0.25) is 0 Å². The van der Waals surface area contributed by atoms with Gasteiger partial charge in [-0.2, -0.15) is 0 Å². The van der Waals surface area contributed by atoms with Crippen LogP contribution in [0.5, 0.6) is 5.75 Å². The molecule has 1 aliphatic heterocycles. The zero-order chi connectivity index (χ0) is 21.6. The van der Waals surface area contributed by atoms with Crippen molar-refractivity contribution in [2.75, 3.05) is 37.4 Å². The van der Waals surface area contributed by atoms with Gasteiger partial charge in [-0.3, -0.25) is 0 Å². The van der Waals surface area contributed by atoms with Gasteiger partial charge in [-0.15, -0.1) is 9.79 Å². The molecule has 9 nitrogen and oxygen atoms in total. The summed E-state index contributed by atoms with van der Waals surface area (Å²) >= 11 is 0. The van der Waals surface area contributed by atoms with E-state index in [1.165, 1.54) is 42.6 Å². The fourth-order valence-electron chi connectivity index (χ4n) is 2.93. The van der Waals surface area contributed by atoms with Crippen LogP contribution in [-0.2, 0) is 19.9 Å². The van der Waals surface area contributed by atoms with Crippen molar-refractivity contribution in [3.63, 3.8) is 0 Å². The maximum absolute atomic E-state index is 9.39. The van der Waals surface area contributed by atoms with E-state index >= 15 is 0 Å². The summed E-state index contributed by atoms with van der Waals surface area (Å²) in [6.45, 7) is 7.59. The molecule has 1 aliphatic rings. The number of methoxy groups -OCH3 is 1. The van der Waals surface area contributed by atoms with E-state index in [0.717, 1.165) is 31.8 Å². The number of nitrogens with one attached hydrogen (secondary N) is 3. The van der Waals surface area contributed by atoms with Crippen molar-refractivity contribution >= 4 is 27.9 Å². The Bertz CT molecular complexity index is 649. The van der Waals surface area contributed by atoms with E-state index in [-0.39, 0.29) is 0 Å². The third kappa shape index (κ3) is 11.4. The van der Waals surface area contributed by atoms with Crippen molar-refractivity contribution < 1.29 is 28.0 Å². The predicted molar refractivity (Wildman–Crippen MR) is 116 cm³/mol. The molecule has 0 aliphatic carbocycles. The topological polar surface area (TPSA) is 129 Å². The van der Waals surface area contributed by atoms with Crippen molar-refractivity contribution in [2.24, 2.45) is 0 Å². The SMILES string of the molecule is COc1cc2c(c(NCCCCCNC(C)C)c1)NCCC2.O=[P+](O)O[P+](=O)O. The molecule has 1 heterocycles. The molecule has 1 aromatic carbocycles. The summed E-state index contributed by atoms with van der Waals surface area (Å²) in [7, 11) is -4.11. The molecule has 2 atom stereocenters. The lowest BCUT2D eigenvalue weighted by Gasteiger charge is -2.23. The first-order valence-electron chi connectivity index (χ1n) is 9.75. The molecule has 0 radical (unpaired) electrons. The number of benzene rings is 1. The Hall–Kier alpha value is -1.34. The van der Waals surface area contributed by atoms with Crippen molar-refractivity contribution in [2.45, 2.75) is 52.0 Å². The molecule has 0 saturated carbocycles. The Balaban J connectivity index is 0.000000516. The number of hydrogen-bond donors (Lipinski definition) is 5. The van der Waals surface area contributed by atoms with Crippen LogP contribution < -0.4 is 20.7 Å². The Morgan fingerprint density at radius 1 is 1.14 bits per heavy atom. The molecule has 164 valence electrons. The molecule has 0 saturated heterocycles. The van der Waals surface area contributed by atoms with Gasteiger partial charge >= 0.3 is 16.5 Å². The van der Waals surface area contributed by atoms with Crippen molar-refractivity contribution in [1.82, 2.24) is 5.32 Å². The Kier molecular flexibility index (Phi) is 12.9. The number of fused-ring (bicyclic) bond motifs is 1. The average Bonchev–Trinajstić information content (AvgIpc) is 2.66. The lowest BCUT2D eigenvalue weighted by atomic mass is 10.0. The molecule has 0 amide bonds. The molecule has 2 rings (SSSR count). The fourth-order valence-corrected chi connectivity index (χ4v) is 3.41. The quantitative estimate of drug-likeness (QED) is 0.252. The standard InChI is InChI=1S/C18H31N3O.O5P2/c1-14(2)19-9-5-4-6-10-20-17-13-16(22-3)12-15-8-7-11-21-18(15)17;1-6(2)5-7(3)4/h12-14,19-21H,4-11H2,1-3H3;/p+2. The first kappa shape index (κ1) is 25.7. The molecule has 0 aromatic heterocycles. The normalized spacial score (nSPS) is 13.6. The Morgan fingerprint density at radius 2 is 1.83 bits per heavy atom. The number of hydrogen-bond acceptors (Lipinski definition) is 7. The highest BCUT2D eigenvalue weighted by molar-refractivity contribution is 7.46. The maximum Gasteiger partial charge on any atom is 0.745 e. The van der Waals surface area contributed by atoms with E-state index < -0.39 is 16.5 Å². The minimum absolute atomic E-state index is 0.590. The van der Waals surface area contributed by atoms with Crippen molar-refractivity contribution in [3.05, 3.63) is 17.7 Å². The van der Waals surface area contributed by atoms with Gasteiger partial charge in [-0.25, -0.2) is 0 Å². The van der Waals surface area contributed by atoms with Gasteiger partial charge in [0.1, 0.15) is 5.75 Å². The van der Waals surface area contributed by atoms with Crippen LogP contribution in [0, 0.1) is 0 Å². The van der Waals surface area contributed by atoms with Crippen LogP contribution in [0.3, 0.4) is 0 Å². The highest BCUT2D eigenvalue weighted by Crippen LogP contribution is 2.34. The zero-order valence-corrected chi connectivity index (χ0v) is 19.1. The van der Waals surface area contributed by atoms with Gasteiger partial charge in [0.25, 0.3) is 0 Å². The molecular weight excluding hydrogens is 416 g/mol. The molecule has 2 unspecified atom stereocenters. The van der Waals surface area contributed by atoms with Gasteiger partial charge in [-0.05, 0) is 43.9 Å². The number of ether oxygens (including phenoxy) is 1. The molecule has 29 heavy (non-hydrogen) atoms. The summed E-state index contributed by atoms with van der Waals surface area (Å²) < 4.78 is 27.6. The maximum atomic E-state index is 9.39. The largest absolute Gasteiger partial charge is 0.745 e. The second-order valence-corrected chi connectivity index (χ2v) is 8.50. The molecular formula is C18H33N3O6P2+2. The fraction of sp³-hybridized carbons (Fsp3) is 0.667. The van der Waals surface area contributed by atoms with Crippen molar-refractivity contribution in [3.8, 4) is 5.75 Å². The zero-order valence-electron chi connectivity index (χ0n) is 17.3. The van der Waals surface area contributed by atoms with E-state index in [1.807, 2.05) is 0 Å². The summed E-state index contributed by atoms with van der Waals surface area (Å²) in [5, 5.41) is 10.6. The van der Waals surface area contributed by atoms with Crippen molar-refractivity contribution in [1.29, 1.82) is 0 Å². The van der Waals surface area contributed by atoms with Crippen LogP contribution in [-0.4, -0.2) is 42.6 Å². The van der Waals surface area contributed by atoms with Crippen LogP contribution in [0.2, 0.25) is 0 Å². The highest BCUT2D eigenvalue weighted by atomic mass is 31.2. The van der Waals surface area contributed by atoms with Crippen LogP contribution in [0.25, 0.3) is 0 Å². The Labute approximate surface area is 174 Å². The van der Waals surface area contributed by atoms with Gasteiger partial charge in [0.15, 0.2) is 4.31 Å². The molecule has 0 bridgehead atoms. The minimum atomic E-state index is -2.92. The molecule has 5 N–H and O–H groups in total. The smallest absolute Gasteiger partial charge is 0.497 e. The van der Waals surface area contributed by atoms with Gasteiger partial charge in [0, 0.05) is 34.3 Å². The van der Waals surface area contributed by atoms with Gasteiger partial charge < -0.3 is 20.7 Å². The van der Waals surface area contributed by atoms with Gasteiger partial charge in [-0.1, -0.05) is 20.3 Å². The van der Waals surface area contributed by atoms with E-state index in [4.69, 9.17) is 14.5 Å². The molecule has 0 spiro atoms. The monoisotopic (exact) mass is 449 g/mol. The number of unbranched alkanes of at least 4 members (excludes halogenated alkanes) is 2. The van der Waals surface area contributed by atoms with Crippen LogP contribution in [0.15, 0.2) is 12.1 Å². The van der Waals surface area contributed by atoms with Crippen LogP contribution in [0.1, 0.15) is 45.1 Å². The average molecular weight is 449 g/mol. The molecule has 0 fully saturated rings. The third-order valence-electron chi connectivity index (χ3n) is 4.22. The summed E-state index contributed by atoms with van der Waals surface area (Å²) in [6, 6.07) is 4.86.